The minimum absolute atomic E-state index is 0.0307. The Hall–Kier alpha value is -2.12. The van der Waals surface area contributed by atoms with Gasteiger partial charge in [0.15, 0.2) is 6.61 Å². The molecule has 4 rings (SSSR count). The van der Waals surface area contributed by atoms with E-state index < -0.39 is 0 Å². The molecule has 31 heavy (non-hydrogen) atoms. The maximum absolute atomic E-state index is 12.4. The minimum atomic E-state index is -0.0966. The first-order valence-electron chi connectivity index (χ1n) is 11.8. The van der Waals surface area contributed by atoms with E-state index in [9.17, 15) is 9.59 Å². The average Bonchev–Trinajstić information content (AvgIpc) is 3.67. The Morgan fingerprint density at radius 1 is 1.00 bits per heavy atom. The Labute approximate surface area is 185 Å². The van der Waals surface area contributed by atoms with Crippen molar-refractivity contribution in [2.75, 3.05) is 46.0 Å². The van der Waals surface area contributed by atoms with Crippen molar-refractivity contribution in [3.63, 3.8) is 0 Å². The van der Waals surface area contributed by atoms with Gasteiger partial charge in [0.1, 0.15) is 5.75 Å². The lowest BCUT2D eigenvalue weighted by Gasteiger charge is -2.43. The number of ether oxygens (including phenoxy) is 2. The summed E-state index contributed by atoms with van der Waals surface area (Å²) in [6.45, 7) is 4.78. The third-order valence-corrected chi connectivity index (χ3v) is 6.64. The van der Waals surface area contributed by atoms with Gasteiger partial charge in [0.05, 0.1) is 0 Å². The van der Waals surface area contributed by atoms with Crippen LogP contribution in [0.4, 0.5) is 0 Å². The first-order chi connectivity index (χ1) is 15.2. The van der Waals surface area contributed by atoms with E-state index in [1.54, 1.807) is 0 Å². The molecule has 2 saturated heterocycles. The lowest BCUT2D eigenvalue weighted by Crippen LogP contribution is -2.53. The van der Waals surface area contributed by atoms with Crippen molar-refractivity contribution < 1.29 is 19.1 Å². The van der Waals surface area contributed by atoms with Crippen LogP contribution in [0.15, 0.2) is 30.3 Å². The quantitative estimate of drug-likeness (QED) is 0.651. The lowest BCUT2D eigenvalue weighted by atomic mass is 9.97. The molecule has 0 radical (unpaired) electrons. The van der Waals surface area contributed by atoms with Crippen LogP contribution in [0.5, 0.6) is 5.75 Å². The predicted octanol–water partition coefficient (Wildman–Crippen LogP) is 2.06. The van der Waals surface area contributed by atoms with Crippen molar-refractivity contribution in [1.29, 1.82) is 0 Å². The molecule has 0 spiro atoms. The number of piperidine rings is 1. The Morgan fingerprint density at radius 3 is 2.35 bits per heavy atom. The highest BCUT2D eigenvalue weighted by Crippen LogP contribution is 2.32. The highest BCUT2D eigenvalue weighted by molar-refractivity contribution is 5.81. The summed E-state index contributed by atoms with van der Waals surface area (Å²) in [5.74, 6) is 1.27. The smallest absolute Gasteiger partial charge is 0.257 e. The van der Waals surface area contributed by atoms with E-state index in [1.807, 2.05) is 30.3 Å². The van der Waals surface area contributed by atoms with Gasteiger partial charge < -0.3 is 19.7 Å². The Balaban J connectivity index is 1.24. The molecule has 1 saturated carbocycles. The summed E-state index contributed by atoms with van der Waals surface area (Å²) in [5, 5.41) is 3.01. The van der Waals surface area contributed by atoms with Crippen LogP contribution in [0.3, 0.4) is 0 Å². The maximum Gasteiger partial charge on any atom is 0.257 e. The summed E-state index contributed by atoms with van der Waals surface area (Å²) in [6, 6.07) is 10.3. The number of nitrogens with one attached hydrogen (secondary N) is 1. The van der Waals surface area contributed by atoms with E-state index in [0.29, 0.717) is 36.2 Å². The summed E-state index contributed by atoms with van der Waals surface area (Å²) >= 11 is 0. The number of amides is 2. The summed E-state index contributed by atoms with van der Waals surface area (Å²) in [5.41, 5.74) is 0. The second-order valence-corrected chi connectivity index (χ2v) is 8.86. The molecule has 1 aliphatic carbocycles. The molecule has 0 atom stereocenters. The van der Waals surface area contributed by atoms with Crippen molar-refractivity contribution >= 4 is 11.8 Å². The van der Waals surface area contributed by atoms with Crippen LogP contribution in [0.1, 0.15) is 38.5 Å². The number of likely N-dealkylation sites (tertiary alicyclic amines) is 1. The first-order valence-corrected chi connectivity index (χ1v) is 11.8. The number of carbonyl (C=O) groups is 2. The first kappa shape index (κ1) is 22.1. The summed E-state index contributed by atoms with van der Waals surface area (Å²) < 4.78 is 11.1. The fraction of sp³-hybridized carbons (Fsp3) is 0.667. The van der Waals surface area contributed by atoms with Gasteiger partial charge in [-0.1, -0.05) is 18.2 Å². The molecule has 2 aliphatic heterocycles. The molecule has 170 valence electrons. The lowest BCUT2D eigenvalue weighted by molar-refractivity contribution is -0.134. The van der Waals surface area contributed by atoms with E-state index in [0.717, 1.165) is 71.4 Å². The van der Waals surface area contributed by atoms with Crippen LogP contribution >= 0.6 is 0 Å². The molecule has 1 aromatic rings. The highest BCUT2D eigenvalue weighted by atomic mass is 16.5. The molecular weight excluding hydrogens is 394 g/mol. The van der Waals surface area contributed by atoms with Crippen LogP contribution in [-0.2, 0) is 14.3 Å². The number of hydrogen-bond acceptors (Lipinski definition) is 5. The van der Waals surface area contributed by atoms with Gasteiger partial charge in [-0.25, -0.2) is 0 Å². The zero-order valence-corrected chi connectivity index (χ0v) is 18.3. The SMILES string of the molecule is O=C(COc1ccccc1)NCCN(C1CCOCC1)C1CCN(C(=O)C2CC2)CC1. The van der Waals surface area contributed by atoms with Crippen molar-refractivity contribution in [3.8, 4) is 5.75 Å². The van der Waals surface area contributed by atoms with E-state index in [4.69, 9.17) is 9.47 Å². The summed E-state index contributed by atoms with van der Waals surface area (Å²) in [7, 11) is 0. The highest BCUT2D eigenvalue weighted by Gasteiger charge is 2.37. The van der Waals surface area contributed by atoms with E-state index >= 15 is 0 Å². The third-order valence-electron chi connectivity index (χ3n) is 6.64. The molecule has 0 bridgehead atoms. The van der Waals surface area contributed by atoms with Gasteiger partial charge in [0.2, 0.25) is 5.91 Å². The average molecular weight is 430 g/mol. The summed E-state index contributed by atoms with van der Waals surface area (Å²) in [4.78, 5) is 29.2. The van der Waals surface area contributed by atoms with Gasteiger partial charge in [-0.05, 0) is 50.7 Å². The Kier molecular flexibility index (Phi) is 7.81. The van der Waals surface area contributed by atoms with Crippen LogP contribution < -0.4 is 10.1 Å². The molecule has 0 aromatic heterocycles. The van der Waals surface area contributed by atoms with Gasteiger partial charge in [-0.3, -0.25) is 14.5 Å². The van der Waals surface area contributed by atoms with Crippen molar-refractivity contribution in [2.45, 2.75) is 50.6 Å². The fourth-order valence-electron chi connectivity index (χ4n) is 4.73. The molecule has 0 unspecified atom stereocenters. The second-order valence-electron chi connectivity index (χ2n) is 8.86. The van der Waals surface area contributed by atoms with Crippen LogP contribution in [0.25, 0.3) is 0 Å². The number of benzene rings is 1. The maximum atomic E-state index is 12.4. The number of para-hydroxylation sites is 1. The van der Waals surface area contributed by atoms with E-state index in [-0.39, 0.29) is 12.5 Å². The molecule has 3 aliphatic rings. The van der Waals surface area contributed by atoms with Crippen LogP contribution in [0, 0.1) is 5.92 Å². The molecule has 2 heterocycles. The molecule has 2 amide bonds. The number of hydrogen-bond donors (Lipinski definition) is 1. The van der Waals surface area contributed by atoms with E-state index in [1.165, 1.54) is 0 Å². The van der Waals surface area contributed by atoms with Crippen molar-refractivity contribution in [1.82, 2.24) is 15.1 Å². The molecule has 3 fully saturated rings. The van der Waals surface area contributed by atoms with Crippen molar-refractivity contribution in [3.05, 3.63) is 30.3 Å². The monoisotopic (exact) mass is 429 g/mol. The van der Waals surface area contributed by atoms with Gasteiger partial charge in [0.25, 0.3) is 5.91 Å². The van der Waals surface area contributed by atoms with Crippen LogP contribution in [0.2, 0.25) is 0 Å². The van der Waals surface area contributed by atoms with Gasteiger partial charge in [-0.2, -0.15) is 0 Å². The third kappa shape index (κ3) is 6.43. The zero-order chi connectivity index (χ0) is 21.5. The molecule has 1 N–H and O–H groups in total. The van der Waals surface area contributed by atoms with Gasteiger partial charge in [-0.15, -0.1) is 0 Å². The van der Waals surface area contributed by atoms with Crippen molar-refractivity contribution in [2.24, 2.45) is 5.92 Å². The molecule has 7 nitrogen and oxygen atoms in total. The Bertz CT molecular complexity index is 711. The summed E-state index contributed by atoms with van der Waals surface area (Å²) in [6.07, 6.45) is 6.24. The Morgan fingerprint density at radius 2 is 1.68 bits per heavy atom. The molecule has 1 aromatic carbocycles. The standard InChI is InChI=1S/C24H35N3O4/c28-23(18-31-22-4-2-1-3-5-22)25-12-15-27(21-10-16-30-17-11-21)20-8-13-26(14-9-20)24(29)19-6-7-19/h1-5,19-21H,6-18H2,(H,25,28). The largest absolute Gasteiger partial charge is 0.484 e. The zero-order valence-electron chi connectivity index (χ0n) is 18.3. The van der Waals surface area contributed by atoms with Gasteiger partial charge >= 0.3 is 0 Å². The molecule has 7 heteroatoms. The number of rotatable bonds is 9. The topological polar surface area (TPSA) is 71.1 Å². The van der Waals surface area contributed by atoms with Crippen LogP contribution in [-0.4, -0.2) is 79.7 Å². The molecular formula is C24H35N3O4. The normalized spacial score (nSPS) is 20.6. The fourth-order valence-corrected chi connectivity index (χ4v) is 4.73. The number of carbonyl (C=O) groups excluding carboxylic acids is 2. The predicted molar refractivity (Wildman–Crippen MR) is 118 cm³/mol. The number of nitrogens with zero attached hydrogens (tertiary/aromatic N) is 2. The second kappa shape index (κ2) is 11.0. The minimum Gasteiger partial charge on any atom is -0.484 e. The van der Waals surface area contributed by atoms with Gasteiger partial charge in [0, 0.05) is 57.4 Å². The van der Waals surface area contributed by atoms with E-state index in [2.05, 4.69) is 15.1 Å².